The van der Waals surface area contributed by atoms with Crippen LogP contribution in [0.15, 0.2) is 6.20 Å². The van der Waals surface area contributed by atoms with Crippen molar-refractivity contribution in [2.75, 3.05) is 19.8 Å². The highest BCUT2D eigenvalue weighted by Gasteiger charge is 2.45. The molecule has 0 bridgehead atoms. The number of ether oxygens (including phenoxy) is 1. The number of carbonyl (C=O) groups excluding carboxylic acids is 1. The first-order valence-corrected chi connectivity index (χ1v) is 8.02. The Morgan fingerprint density at radius 1 is 1.55 bits per heavy atom. The fourth-order valence-electron chi connectivity index (χ4n) is 3.16. The van der Waals surface area contributed by atoms with Gasteiger partial charge in [0.25, 0.3) is 0 Å². The summed E-state index contributed by atoms with van der Waals surface area (Å²) in [5.41, 5.74) is 0.307. The number of amides is 1. The van der Waals surface area contributed by atoms with Crippen LogP contribution in [0.5, 0.6) is 0 Å². The summed E-state index contributed by atoms with van der Waals surface area (Å²) in [5, 5.41) is 20.7. The zero-order chi connectivity index (χ0) is 15.6. The molecule has 7 nitrogen and oxygen atoms in total. The smallest absolute Gasteiger partial charge is 0.233 e. The number of carbonyl (C=O) groups is 1. The van der Waals surface area contributed by atoms with Crippen LogP contribution >= 0.6 is 0 Å². The first kappa shape index (κ1) is 15.4. The summed E-state index contributed by atoms with van der Waals surface area (Å²) < 4.78 is 6.86. The van der Waals surface area contributed by atoms with Crippen molar-refractivity contribution in [1.82, 2.24) is 20.3 Å². The monoisotopic (exact) mass is 308 g/mol. The van der Waals surface area contributed by atoms with Crippen LogP contribution in [0.3, 0.4) is 0 Å². The molecular formula is C15H24N4O3. The molecular weight excluding hydrogens is 284 g/mol. The fourth-order valence-corrected chi connectivity index (χ4v) is 3.16. The number of rotatable bonds is 6. The van der Waals surface area contributed by atoms with Crippen molar-refractivity contribution in [2.45, 2.75) is 51.1 Å². The lowest BCUT2D eigenvalue weighted by Crippen LogP contribution is -2.58. The third-order valence-corrected chi connectivity index (χ3v) is 4.71. The SMILES string of the molecule is C[C@@H](Cn1cc(C2CCCC2)nn1)NC(=O)C1(CO)COC1. The van der Waals surface area contributed by atoms with Crippen molar-refractivity contribution in [1.29, 1.82) is 0 Å². The predicted octanol–water partition coefficient (Wildman–Crippen LogP) is 0.449. The van der Waals surface area contributed by atoms with E-state index >= 15 is 0 Å². The molecule has 0 spiro atoms. The summed E-state index contributed by atoms with van der Waals surface area (Å²) >= 11 is 0. The van der Waals surface area contributed by atoms with E-state index in [9.17, 15) is 9.90 Å². The van der Waals surface area contributed by atoms with Gasteiger partial charge in [0.05, 0.1) is 32.1 Å². The highest BCUT2D eigenvalue weighted by Crippen LogP contribution is 2.32. The zero-order valence-corrected chi connectivity index (χ0v) is 13.0. The van der Waals surface area contributed by atoms with Gasteiger partial charge in [-0.2, -0.15) is 0 Å². The quantitative estimate of drug-likeness (QED) is 0.796. The number of hydrogen-bond acceptors (Lipinski definition) is 5. The summed E-state index contributed by atoms with van der Waals surface area (Å²) in [5.74, 6) is 0.397. The Morgan fingerprint density at radius 3 is 2.86 bits per heavy atom. The Hall–Kier alpha value is -1.47. The van der Waals surface area contributed by atoms with Crippen LogP contribution in [0.4, 0.5) is 0 Å². The Kier molecular flexibility index (Phi) is 4.44. The maximum atomic E-state index is 12.2. The Morgan fingerprint density at radius 2 is 2.27 bits per heavy atom. The van der Waals surface area contributed by atoms with Crippen LogP contribution < -0.4 is 5.32 Å². The largest absolute Gasteiger partial charge is 0.395 e. The third kappa shape index (κ3) is 3.01. The topological polar surface area (TPSA) is 89.3 Å². The van der Waals surface area contributed by atoms with Gasteiger partial charge < -0.3 is 15.2 Å². The summed E-state index contributed by atoms with van der Waals surface area (Å²) in [6.45, 7) is 2.91. The minimum absolute atomic E-state index is 0.0744. The minimum Gasteiger partial charge on any atom is -0.395 e. The molecule has 2 N–H and O–H groups in total. The average molecular weight is 308 g/mol. The molecule has 1 atom stereocenters. The average Bonchev–Trinajstić information content (AvgIpc) is 3.07. The van der Waals surface area contributed by atoms with Gasteiger partial charge in [-0.15, -0.1) is 5.10 Å². The van der Waals surface area contributed by atoms with Crippen molar-refractivity contribution >= 4 is 5.91 Å². The van der Waals surface area contributed by atoms with E-state index in [2.05, 4.69) is 15.6 Å². The standard InChI is InChI=1S/C15H24N4O3/c1-11(16-14(21)15(8-20)9-22-10-15)6-19-7-13(17-18-19)12-4-2-3-5-12/h7,11-12,20H,2-6,8-10H2,1H3,(H,16,21)/t11-/m0/s1. The number of aliphatic hydroxyl groups is 1. The molecule has 2 fully saturated rings. The lowest BCUT2D eigenvalue weighted by atomic mass is 9.86. The molecule has 1 saturated carbocycles. The molecule has 1 saturated heterocycles. The molecule has 0 aromatic carbocycles. The maximum absolute atomic E-state index is 12.2. The van der Waals surface area contributed by atoms with E-state index in [1.54, 1.807) is 4.68 Å². The Labute approximate surface area is 130 Å². The number of nitrogens with zero attached hydrogens (tertiary/aromatic N) is 3. The normalized spacial score (nSPS) is 22.3. The van der Waals surface area contributed by atoms with E-state index in [1.165, 1.54) is 25.7 Å². The Balaban J connectivity index is 1.53. The highest BCUT2D eigenvalue weighted by molar-refractivity contribution is 5.84. The van der Waals surface area contributed by atoms with Crippen molar-refractivity contribution in [3.05, 3.63) is 11.9 Å². The number of aliphatic hydroxyl groups excluding tert-OH is 1. The lowest BCUT2D eigenvalue weighted by Gasteiger charge is -2.38. The summed E-state index contributed by atoms with van der Waals surface area (Å²) in [4.78, 5) is 12.2. The van der Waals surface area contributed by atoms with E-state index in [4.69, 9.17) is 4.74 Å². The molecule has 2 heterocycles. The van der Waals surface area contributed by atoms with Gasteiger partial charge in [0.15, 0.2) is 0 Å². The molecule has 0 unspecified atom stereocenters. The second-order valence-electron chi connectivity index (χ2n) is 6.65. The third-order valence-electron chi connectivity index (χ3n) is 4.71. The molecule has 0 radical (unpaired) electrons. The lowest BCUT2D eigenvalue weighted by molar-refractivity contribution is -0.170. The van der Waals surface area contributed by atoms with Gasteiger partial charge in [0.2, 0.25) is 5.91 Å². The van der Waals surface area contributed by atoms with E-state index in [0.717, 1.165) is 5.69 Å². The highest BCUT2D eigenvalue weighted by atomic mass is 16.5. The van der Waals surface area contributed by atoms with Crippen molar-refractivity contribution in [2.24, 2.45) is 5.41 Å². The van der Waals surface area contributed by atoms with E-state index < -0.39 is 5.41 Å². The van der Waals surface area contributed by atoms with Crippen LogP contribution in [0.25, 0.3) is 0 Å². The van der Waals surface area contributed by atoms with Gasteiger partial charge in [-0.25, -0.2) is 0 Å². The number of nitrogens with one attached hydrogen (secondary N) is 1. The van der Waals surface area contributed by atoms with Gasteiger partial charge in [0, 0.05) is 18.2 Å². The van der Waals surface area contributed by atoms with Gasteiger partial charge in [-0.1, -0.05) is 18.1 Å². The fraction of sp³-hybridized carbons (Fsp3) is 0.800. The molecule has 2 aliphatic rings. The predicted molar refractivity (Wildman–Crippen MR) is 79.2 cm³/mol. The first-order valence-electron chi connectivity index (χ1n) is 8.02. The van der Waals surface area contributed by atoms with E-state index in [0.29, 0.717) is 12.5 Å². The maximum Gasteiger partial charge on any atom is 0.233 e. The molecule has 3 rings (SSSR count). The molecule has 22 heavy (non-hydrogen) atoms. The molecule has 1 amide bonds. The minimum atomic E-state index is -0.758. The Bertz CT molecular complexity index is 515. The number of hydrogen-bond donors (Lipinski definition) is 2. The van der Waals surface area contributed by atoms with Gasteiger partial charge in [0.1, 0.15) is 5.41 Å². The molecule has 1 aromatic rings. The van der Waals surface area contributed by atoms with E-state index in [1.807, 2.05) is 13.1 Å². The van der Waals surface area contributed by atoms with Gasteiger partial charge >= 0.3 is 0 Å². The summed E-state index contributed by atoms with van der Waals surface area (Å²) in [6, 6.07) is -0.0744. The van der Waals surface area contributed by atoms with Crippen molar-refractivity contribution < 1.29 is 14.6 Å². The summed E-state index contributed by atoms with van der Waals surface area (Å²) in [7, 11) is 0. The molecule has 1 aliphatic heterocycles. The second-order valence-corrected chi connectivity index (χ2v) is 6.65. The summed E-state index contributed by atoms with van der Waals surface area (Å²) in [6.07, 6.45) is 6.94. The molecule has 7 heteroatoms. The van der Waals surface area contributed by atoms with Crippen LogP contribution in [-0.4, -0.2) is 51.9 Å². The van der Waals surface area contributed by atoms with Gasteiger partial charge in [-0.3, -0.25) is 9.48 Å². The van der Waals surface area contributed by atoms with Crippen LogP contribution in [0, 0.1) is 5.41 Å². The van der Waals surface area contributed by atoms with Crippen LogP contribution in [0.1, 0.15) is 44.2 Å². The van der Waals surface area contributed by atoms with Crippen molar-refractivity contribution in [3.8, 4) is 0 Å². The molecule has 1 aromatic heterocycles. The van der Waals surface area contributed by atoms with Crippen LogP contribution in [0.2, 0.25) is 0 Å². The zero-order valence-electron chi connectivity index (χ0n) is 13.0. The first-order chi connectivity index (χ1) is 10.6. The van der Waals surface area contributed by atoms with Crippen LogP contribution in [-0.2, 0) is 16.1 Å². The molecule has 1 aliphatic carbocycles. The second kappa shape index (κ2) is 6.34. The molecule has 122 valence electrons. The van der Waals surface area contributed by atoms with Gasteiger partial charge in [-0.05, 0) is 19.8 Å². The van der Waals surface area contributed by atoms with E-state index in [-0.39, 0.29) is 31.8 Å². The van der Waals surface area contributed by atoms with Crippen molar-refractivity contribution in [3.63, 3.8) is 0 Å². The number of aromatic nitrogens is 3.